The number of nitrogens with one attached hydrogen (secondary N) is 2. The predicted octanol–water partition coefficient (Wildman–Crippen LogP) is 5.48. The lowest BCUT2D eigenvalue weighted by Crippen LogP contribution is -2.42. The lowest BCUT2D eigenvalue weighted by molar-refractivity contribution is -0.125. The molecule has 0 fully saturated rings. The SMILES string of the molecule is CC(Oc1ccc(Cl)cc1Cl)C(=O)NC(=S)Nc1ccc(-c2nc3ncccc3o2)cc1. The average Bonchev–Trinajstić information content (AvgIpc) is 3.20. The summed E-state index contributed by atoms with van der Waals surface area (Å²) in [5.74, 6) is 0.389. The smallest absolute Gasteiger partial charge is 0.266 e. The highest BCUT2D eigenvalue weighted by Gasteiger charge is 2.18. The van der Waals surface area contributed by atoms with Gasteiger partial charge in [0.2, 0.25) is 5.89 Å². The molecule has 0 saturated carbocycles. The number of benzene rings is 2. The molecule has 1 unspecified atom stereocenters. The van der Waals surface area contributed by atoms with Gasteiger partial charge in [0, 0.05) is 22.5 Å². The Morgan fingerprint density at radius 1 is 1.16 bits per heavy atom. The summed E-state index contributed by atoms with van der Waals surface area (Å²) in [5.41, 5.74) is 2.63. The number of thiocarbonyl (C=S) groups is 1. The number of amides is 1. The Kier molecular flexibility index (Phi) is 6.55. The molecule has 0 aliphatic carbocycles. The first-order chi connectivity index (χ1) is 15.4. The summed E-state index contributed by atoms with van der Waals surface area (Å²) >= 11 is 17.2. The molecule has 162 valence electrons. The third-order valence-electron chi connectivity index (χ3n) is 4.36. The van der Waals surface area contributed by atoms with Crippen LogP contribution in [0.2, 0.25) is 10.0 Å². The Hall–Kier alpha value is -3.20. The fraction of sp³-hybridized carbons (Fsp3) is 0.0909. The van der Waals surface area contributed by atoms with Crippen molar-refractivity contribution in [3.63, 3.8) is 0 Å². The minimum Gasteiger partial charge on any atom is -0.479 e. The molecule has 0 radical (unpaired) electrons. The third kappa shape index (κ3) is 5.16. The summed E-state index contributed by atoms with van der Waals surface area (Å²) in [4.78, 5) is 20.9. The summed E-state index contributed by atoms with van der Waals surface area (Å²) in [5, 5.41) is 6.46. The van der Waals surface area contributed by atoms with E-state index < -0.39 is 12.0 Å². The normalized spacial score (nSPS) is 11.7. The number of fused-ring (bicyclic) bond motifs is 1. The van der Waals surface area contributed by atoms with Crippen LogP contribution in [0, 0.1) is 0 Å². The van der Waals surface area contributed by atoms with Crippen LogP contribution in [0.5, 0.6) is 5.75 Å². The first-order valence-corrected chi connectivity index (χ1v) is 10.6. The van der Waals surface area contributed by atoms with Gasteiger partial charge in [0.15, 0.2) is 22.4 Å². The predicted molar refractivity (Wildman–Crippen MR) is 128 cm³/mol. The topological polar surface area (TPSA) is 89.3 Å². The van der Waals surface area contributed by atoms with E-state index in [0.717, 1.165) is 5.56 Å². The molecule has 0 aliphatic heterocycles. The molecule has 4 aromatic rings. The Morgan fingerprint density at radius 2 is 1.94 bits per heavy atom. The number of nitrogens with zero attached hydrogens (tertiary/aromatic N) is 2. The van der Waals surface area contributed by atoms with Crippen LogP contribution in [0.25, 0.3) is 22.7 Å². The van der Waals surface area contributed by atoms with E-state index in [1.807, 2.05) is 18.2 Å². The first kappa shape index (κ1) is 22.0. The van der Waals surface area contributed by atoms with Gasteiger partial charge in [-0.25, -0.2) is 4.98 Å². The molecular weight excluding hydrogens is 471 g/mol. The van der Waals surface area contributed by atoms with Crippen LogP contribution in [-0.2, 0) is 4.79 Å². The van der Waals surface area contributed by atoms with E-state index in [9.17, 15) is 4.79 Å². The number of hydrogen-bond donors (Lipinski definition) is 2. The molecule has 2 aromatic heterocycles. The highest BCUT2D eigenvalue weighted by atomic mass is 35.5. The molecule has 0 aliphatic rings. The highest BCUT2D eigenvalue weighted by molar-refractivity contribution is 7.80. The largest absolute Gasteiger partial charge is 0.479 e. The van der Waals surface area contributed by atoms with Crippen LogP contribution in [0.15, 0.2) is 65.2 Å². The molecular formula is C22H16Cl2N4O3S. The number of pyridine rings is 1. The van der Waals surface area contributed by atoms with Crippen LogP contribution in [0.3, 0.4) is 0 Å². The van der Waals surface area contributed by atoms with E-state index in [1.165, 1.54) is 6.07 Å². The van der Waals surface area contributed by atoms with Crippen molar-refractivity contribution < 1.29 is 13.9 Å². The quantitative estimate of drug-likeness (QED) is 0.361. The fourth-order valence-electron chi connectivity index (χ4n) is 2.78. The van der Waals surface area contributed by atoms with Crippen LogP contribution >= 0.6 is 35.4 Å². The summed E-state index contributed by atoms with van der Waals surface area (Å²) in [7, 11) is 0. The Labute approximate surface area is 198 Å². The molecule has 10 heteroatoms. The van der Waals surface area contributed by atoms with E-state index >= 15 is 0 Å². The minimum absolute atomic E-state index is 0.131. The van der Waals surface area contributed by atoms with Crippen molar-refractivity contribution in [1.82, 2.24) is 15.3 Å². The van der Waals surface area contributed by atoms with E-state index in [0.29, 0.717) is 38.6 Å². The number of halogens is 2. The third-order valence-corrected chi connectivity index (χ3v) is 5.09. The van der Waals surface area contributed by atoms with Gasteiger partial charge in [0.25, 0.3) is 5.91 Å². The van der Waals surface area contributed by atoms with Crippen molar-refractivity contribution in [2.45, 2.75) is 13.0 Å². The molecule has 32 heavy (non-hydrogen) atoms. The van der Waals surface area contributed by atoms with Gasteiger partial charge in [-0.1, -0.05) is 23.2 Å². The van der Waals surface area contributed by atoms with E-state index in [-0.39, 0.29) is 5.11 Å². The lowest BCUT2D eigenvalue weighted by atomic mass is 10.2. The summed E-state index contributed by atoms with van der Waals surface area (Å²) in [6, 6.07) is 15.6. The number of anilines is 1. The molecule has 1 amide bonds. The number of oxazole rings is 1. The Bertz CT molecular complexity index is 1260. The summed E-state index contributed by atoms with van der Waals surface area (Å²) in [6.45, 7) is 1.59. The number of ether oxygens (including phenoxy) is 1. The fourth-order valence-corrected chi connectivity index (χ4v) is 3.45. The Morgan fingerprint density at radius 3 is 2.66 bits per heavy atom. The number of carbonyl (C=O) groups excluding carboxylic acids is 1. The van der Waals surface area contributed by atoms with Gasteiger partial charge in [0.05, 0.1) is 5.02 Å². The standard InChI is InChI=1S/C22H16Cl2N4O3S/c1-12(30-17-9-6-14(23)11-16(17)24)20(29)28-22(32)26-15-7-4-13(5-8-15)21-27-19-18(31-21)3-2-10-25-19/h2-12H,1H3,(H2,26,28,29,32). The summed E-state index contributed by atoms with van der Waals surface area (Å²) < 4.78 is 11.3. The van der Waals surface area contributed by atoms with Crippen LogP contribution in [0.1, 0.15) is 6.92 Å². The second-order valence-corrected chi connectivity index (χ2v) is 7.95. The van der Waals surface area contributed by atoms with Gasteiger partial charge in [0.1, 0.15) is 5.75 Å². The molecule has 4 rings (SSSR count). The van der Waals surface area contributed by atoms with E-state index in [4.69, 9.17) is 44.6 Å². The molecule has 1 atom stereocenters. The number of hydrogen-bond acceptors (Lipinski definition) is 6. The highest BCUT2D eigenvalue weighted by Crippen LogP contribution is 2.28. The van der Waals surface area contributed by atoms with Gasteiger partial charge < -0.3 is 14.5 Å². The van der Waals surface area contributed by atoms with Crippen molar-refractivity contribution in [2.24, 2.45) is 0 Å². The van der Waals surface area contributed by atoms with Gasteiger partial charge in [-0.15, -0.1) is 0 Å². The average molecular weight is 487 g/mol. The van der Waals surface area contributed by atoms with Gasteiger partial charge >= 0.3 is 0 Å². The second-order valence-electron chi connectivity index (χ2n) is 6.70. The first-order valence-electron chi connectivity index (χ1n) is 9.44. The molecule has 0 spiro atoms. The zero-order valence-corrected chi connectivity index (χ0v) is 19.0. The maximum absolute atomic E-state index is 12.4. The van der Waals surface area contributed by atoms with Crippen molar-refractivity contribution in [3.05, 3.63) is 70.8 Å². The monoisotopic (exact) mass is 486 g/mol. The van der Waals surface area contributed by atoms with Crippen LogP contribution in [-0.4, -0.2) is 27.1 Å². The van der Waals surface area contributed by atoms with E-state index in [2.05, 4.69) is 20.6 Å². The van der Waals surface area contributed by atoms with Gasteiger partial charge in [-0.2, -0.15) is 4.98 Å². The lowest BCUT2D eigenvalue weighted by Gasteiger charge is -2.16. The number of carbonyl (C=O) groups is 1. The Balaban J connectivity index is 1.34. The zero-order valence-electron chi connectivity index (χ0n) is 16.6. The van der Waals surface area contributed by atoms with Gasteiger partial charge in [-0.05, 0) is 73.7 Å². The molecule has 2 N–H and O–H groups in total. The van der Waals surface area contributed by atoms with E-state index in [1.54, 1.807) is 43.5 Å². The molecule has 2 heterocycles. The van der Waals surface area contributed by atoms with Crippen LogP contribution in [0.4, 0.5) is 5.69 Å². The molecule has 2 aromatic carbocycles. The zero-order chi connectivity index (χ0) is 22.7. The maximum Gasteiger partial charge on any atom is 0.266 e. The van der Waals surface area contributed by atoms with Crippen molar-refractivity contribution in [2.75, 3.05) is 5.32 Å². The van der Waals surface area contributed by atoms with Gasteiger partial charge in [-0.3, -0.25) is 10.1 Å². The van der Waals surface area contributed by atoms with Crippen molar-refractivity contribution in [1.29, 1.82) is 0 Å². The summed E-state index contributed by atoms with van der Waals surface area (Å²) in [6.07, 6.45) is 0.830. The van der Waals surface area contributed by atoms with Crippen molar-refractivity contribution >= 4 is 63.4 Å². The number of rotatable bonds is 5. The molecule has 0 saturated heterocycles. The maximum atomic E-state index is 12.4. The van der Waals surface area contributed by atoms with Crippen molar-refractivity contribution in [3.8, 4) is 17.2 Å². The molecule has 0 bridgehead atoms. The number of aromatic nitrogens is 2. The van der Waals surface area contributed by atoms with Crippen LogP contribution < -0.4 is 15.4 Å². The molecule has 7 nitrogen and oxygen atoms in total. The minimum atomic E-state index is -0.830. The second kappa shape index (κ2) is 9.52.